The van der Waals surface area contributed by atoms with Gasteiger partial charge in [0.25, 0.3) is 0 Å². The summed E-state index contributed by atoms with van der Waals surface area (Å²) in [4.78, 5) is 0. The lowest BCUT2D eigenvalue weighted by atomic mass is 9.52. The second-order valence-electron chi connectivity index (χ2n) is 6.99. The predicted molar refractivity (Wildman–Crippen MR) is 76.5 cm³/mol. The van der Waals surface area contributed by atoms with Crippen molar-refractivity contribution in [3.8, 4) is 0 Å². The standard InChI is InChI=1S/C14H30NP/c1-6-7-12(2)8-13(3)9-14(4,10-13)11-15(5)16/h12H,6-11,16H2,1-5H3. The van der Waals surface area contributed by atoms with E-state index in [0.29, 0.717) is 10.8 Å². The molecule has 0 amide bonds. The highest BCUT2D eigenvalue weighted by molar-refractivity contribution is 7.13. The number of rotatable bonds is 6. The van der Waals surface area contributed by atoms with Crippen LogP contribution in [0.3, 0.4) is 0 Å². The quantitative estimate of drug-likeness (QED) is 0.627. The molecular formula is C14H30NP. The maximum absolute atomic E-state index is 2.79. The second-order valence-corrected chi connectivity index (χ2v) is 7.87. The Morgan fingerprint density at radius 1 is 1.25 bits per heavy atom. The van der Waals surface area contributed by atoms with E-state index in [1.807, 2.05) is 0 Å². The van der Waals surface area contributed by atoms with E-state index < -0.39 is 0 Å². The van der Waals surface area contributed by atoms with Crippen LogP contribution in [0, 0.1) is 16.7 Å². The molecule has 1 saturated carbocycles. The molecule has 0 radical (unpaired) electrons. The maximum atomic E-state index is 2.79. The Morgan fingerprint density at radius 3 is 2.25 bits per heavy atom. The van der Waals surface area contributed by atoms with Crippen molar-refractivity contribution in [3.63, 3.8) is 0 Å². The van der Waals surface area contributed by atoms with E-state index in [2.05, 4.69) is 48.8 Å². The summed E-state index contributed by atoms with van der Waals surface area (Å²) in [5, 5.41) is 0. The second kappa shape index (κ2) is 5.36. The summed E-state index contributed by atoms with van der Waals surface area (Å²) in [6.07, 6.45) is 6.98. The van der Waals surface area contributed by atoms with Crippen molar-refractivity contribution in [2.45, 2.75) is 59.8 Å². The van der Waals surface area contributed by atoms with Crippen LogP contribution in [-0.4, -0.2) is 18.3 Å². The van der Waals surface area contributed by atoms with E-state index in [0.717, 1.165) is 5.92 Å². The van der Waals surface area contributed by atoms with E-state index in [1.54, 1.807) is 0 Å². The summed E-state index contributed by atoms with van der Waals surface area (Å²) < 4.78 is 2.26. The fourth-order valence-electron chi connectivity index (χ4n) is 4.30. The first-order valence-electron chi connectivity index (χ1n) is 6.74. The van der Waals surface area contributed by atoms with Crippen LogP contribution in [-0.2, 0) is 0 Å². The summed E-state index contributed by atoms with van der Waals surface area (Å²) in [5.41, 5.74) is 1.20. The Morgan fingerprint density at radius 2 is 1.81 bits per heavy atom. The van der Waals surface area contributed by atoms with Crippen LogP contribution in [0.1, 0.15) is 59.8 Å². The zero-order valence-electron chi connectivity index (χ0n) is 11.8. The van der Waals surface area contributed by atoms with Crippen LogP contribution in [0.25, 0.3) is 0 Å². The van der Waals surface area contributed by atoms with Gasteiger partial charge in [-0.15, -0.1) is 0 Å². The van der Waals surface area contributed by atoms with Crippen LogP contribution < -0.4 is 0 Å². The van der Waals surface area contributed by atoms with Crippen molar-refractivity contribution < 1.29 is 0 Å². The van der Waals surface area contributed by atoms with Gasteiger partial charge in [0.05, 0.1) is 0 Å². The highest BCUT2D eigenvalue weighted by atomic mass is 31.0. The minimum atomic E-state index is 0.567. The van der Waals surface area contributed by atoms with Crippen molar-refractivity contribution in [3.05, 3.63) is 0 Å². The van der Waals surface area contributed by atoms with Gasteiger partial charge in [-0.1, -0.05) is 49.9 Å². The van der Waals surface area contributed by atoms with Crippen molar-refractivity contribution in [1.29, 1.82) is 0 Å². The third-order valence-electron chi connectivity index (χ3n) is 3.96. The molecule has 1 aliphatic carbocycles. The smallest absolute Gasteiger partial charge is 0.00675 e. The molecule has 1 aliphatic rings. The van der Waals surface area contributed by atoms with Gasteiger partial charge < -0.3 is 0 Å². The van der Waals surface area contributed by atoms with Gasteiger partial charge in [0.2, 0.25) is 0 Å². The molecular weight excluding hydrogens is 213 g/mol. The van der Waals surface area contributed by atoms with Crippen molar-refractivity contribution in [1.82, 2.24) is 4.67 Å². The fraction of sp³-hybridized carbons (Fsp3) is 1.00. The predicted octanol–water partition coefficient (Wildman–Crippen LogP) is 4.34. The van der Waals surface area contributed by atoms with Gasteiger partial charge in [0, 0.05) is 6.54 Å². The van der Waals surface area contributed by atoms with E-state index in [4.69, 9.17) is 0 Å². The van der Waals surface area contributed by atoms with Crippen LogP contribution in [0.15, 0.2) is 0 Å². The molecule has 1 fully saturated rings. The molecule has 0 saturated heterocycles. The van der Waals surface area contributed by atoms with Gasteiger partial charge in [0.15, 0.2) is 0 Å². The third kappa shape index (κ3) is 4.00. The highest BCUT2D eigenvalue weighted by Crippen LogP contribution is 2.57. The molecule has 0 bridgehead atoms. The lowest BCUT2D eigenvalue weighted by Crippen LogP contribution is -2.48. The van der Waals surface area contributed by atoms with Gasteiger partial charge in [-0.3, -0.25) is 4.67 Å². The molecule has 0 aromatic carbocycles. The minimum Gasteiger partial charge on any atom is -0.290 e. The molecule has 0 aliphatic heterocycles. The zero-order valence-corrected chi connectivity index (χ0v) is 13.0. The van der Waals surface area contributed by atoms with E-state index >= 15 is 0 Å². The largest absolute Gasteiger partial charge is 0.290 e. The summed E-state index contributed by atoms with van der Waals surface area (Å²) in [6, 6.07) is 0. The Kier molecular flexibility index (Phi) is 4.84. The lowest BCUT2D eigenvalue weighted by molar-refractivity contribution is -0.0364. The third-order valence-corrected chi connectivity index (χ3v) is 4.14. The Balaban J connectivity index is 2.36. The molecule has 1 nitrogen and oxygen atoms in total. The Hall–Kier alpha value is 0.390. The van der Waals surface area contributed by atoms with Crippen LogP contribution in [0.2, 0.25) is 0 Å². The van der Waals surface area contributed by atoms with Crippen molar-refractivity contribution >= 4 is 9.39 Å². The van der Waals surface area contributed by atoms with E-state index in [1.165, 1.54) is 38.6 Å². The number of hydrogen-bond acceptors (Lipinski definition) is 1. The first-order valence-corrected chi connectivity index (χ1v) is 7.26. The van der Waals surface area contributed by atoms with Gasteiger partial charge in [0.1, 0.15) is 0 Å². The van der Waals surface area contributed by atoms with Gasteiger partial charge in [-0.25, -0.2) is 0 Å². The van der Waals surface area contributed by atoms with E-state index in [9.17, 15) is 0 Å². The van der Waals surface area contributed by atoms with Gasteiger partial charge in [-0.2, -0.15) is 0 Å². The molecule has 2 atom stereocenters. The fourth-order valence-corrected chi connectivity index (χ4v) is 4.74. The topological polar surface area (TPSA) is 3.24 Å². The molecule has 0 N–H and O–H groups in total. The molecule has 1 rings (SSSR count). The van der Waals surface area contributed by atoms with Crippen LogP contribution >= 0.6 is 9.39 Å². The molecule has 0 heterocycles. The molecule has 2 unspecified atom stereocenters. The summed E-state index contributed by atoms with van der Waals surface area (Å²) >= 11 is 0. The summed E-state index contributed by atoms with van der Waals surface area (Å²) in [5.74, 6) is 0.910. The SMILES string of the molecule is CCCC(C)CC1(C)CC(C)(CN(C)P)C1. The molecule has 0 aromatic rings. The Labute approximate surface area is 105 Å². The first-order chi connectivity index (χ1) is 7.29. The molecule has 16 heavy (non-hydrogen) atoms. The normalized spacial score (nSPS) is 36.2. The number of hydrogen-bond donors (Lipinski definition) is 0. The minimum absolute atomic E-state index is 0.567. The van der Waals surface area contributed by atoms with Crippen LogP contribution in [0.5, 0.6) is 0 Å². The summed E-state index contributed by atoms with van der Waals surface area (Å²) in [6.45, 7) is 10.9. The average molecular weight is 243 g/mol. The monoisotopic (exact) mass is 243 g/mol. The lowest BCUT2D eigenvalue weighted by Gasteiger charge is -2.55. The molecule has 2 heteroatoms. The highest BCUT2D eigenvalue weighted by Gasteiger charge is 2.48. The van der Waals surface area contributed by atoms with Gasteiger partial charge >= 0.3 is 0 Å². The molecule has 0 spiro atoms. The molecule has 96 valence electrons. The molecule has 0 aromatic heterocycles. The van der Waals surface area contributed by atoms with Crippen LogP contribution in [0.4, 0.5) is 0 Å². The zero-order chi connectivity index (χ0) is 12.4. The Bertz CT molecular complexity index is 219. The van der Waals surface area contributed by atoms with Gasteiger partial charge in [-0.05, 0) is 43.1 Å². The average Bonchev–Trinajstić information content (AvgIpc) is 1.97. The first kappa shape index (κ1) is 14.5. The van der Waals surface area contributed by atoms with Crippen molar-refractivity contribution in [2.75, 3.05) is 13.6 Å². The van der Waals surface area contributed by atoms with E-state index in [-0.39, 0.29) is 0 Å². The maximum Gasteiger partial charge on any atom is 0.00675 e. The number of nitrogens with zero attached hydrogens (tertiary/aromatic N) is 1. The van der Waals surface area contributed by atoms with Crippen molar-refractivity contribution in [2.24, 2.45) is 16.7 Å². The summed E-state index contributed by atoms with van der Waals surface area (Å²) in [7, 11) is 4.95.